The van der Waals surface area contributed by atoms with E-state index in [1.165, 1.54) is 12.1 Å². The zero-order valence-electron chi connectivity index (χ0n) is 6.28. The molecule has 0 saturated carbocycles. The third-order valence-corrected chi connectivity index (χ3v) is 1.62. The standard InChI is InChI=1S/C7H7FO3S/c1-5-4-6(8)2-3-7(5)11-12(9)10/h2-4H,1H3,(H,9,10). The van der Waals surface area contributed by atoms with Gasteiger partial charge in [-0.05, 0) is 30.7 Å². The van der Waals surface area contributed by atoms with Gasteiger partial charge < -0.3 is 4.18 Å². The number of halogens is 1. The second-order valence-corrected chi connectivity index (χ2v) is 2.81. The number of rotatable bonds is 2. The van der Waals surface area contributed by atoms with Gasteiger partial charge in [0.15, 0.2) is 0 Å². The Balaban J connectivity index is 2.93. The van der Waals surface area contributed by atoms with Crippen LogP contribution in [0.2, 0.25) is 0 Å². The summed E-state index contributed by atoms with van der Waals surface area (Å²) in [6.45, 7) is 1.59. The predicted octanol–water partition coefficient (Wildman–Crippen LogP) is 1.65. The normalized spacial score (nSPS) is 12.6. The minimum absolute atomic E-state index is 0.206. The number of aryl methyl sites for hydroxylation is 1. The smallest absolute Gasteiger partial charge is 0.357 e. The lowest BCUT2D eigenvalue weighted by molar-refractivity contribution is 0.455. The molecule has 1 aromatic rings. The van der Waals surface area contributed by atoms with Crippen LogP contribution in [0.3, 0.4) is 0 Å². The molecule has 0 aliphatic rings. The summed E-state index contributed by atoms with van der Waals surface area (Å²) in [5.41, 5.74) is 0.484. The van der Waals surface area contributed by atoms with Crippen LogP contribution >= 0.6 is 0 Å². The fraction of sp³-hybridized carbons (Fsp3) is 0.143. The van der Waals surface area contributed by atoms with Gasteiger partial charge in [0.2, 0.25) is 0 Å². The molecule has 0 radical (unpaired) electrons. The van der Waals surface area contributed by atoms with Crippen LogP contribution < -0.4 is 4.18 Å². The van der Waals surface area contributed by atoms with Gasteiger partial charge in [0.1, 0.15) is 11.6 Å². The maximum Gasteiger partial charge on any atom is 0.357 e. The molecule has 1 unspecified atom stereocenters. The third-order valence-electron chi connectivity index (χ3n) is 1.30. The van der Waals surface area contributed by atoms with E-state index in [1.807, 2.05) is 0 Å². The van der Waals surface area contributed by atoms with Crippen molar-refractivity contribution >= 4 is 11.4 Å². The Morgan fingerprint density at radius 3 is 2.75 bits per heavy atom. The molecular formula is C7H7FO3S. The molecule has 0 spiro atoms. The third kappa shape index (κ3) is 2.28. The molecule has 1 rings (SSSR count). The molecular weight excluding hydrogens is 183 g/mol. The molecule has 0 aliphatic carbocycles. The molecule has 0 bridgehead atoms. The molecule has 0 fully saturated rings. The SMILES string of the molecule is Cc1cc(F)ccc1OS(=O)O. The summed E-state index contributed by atoms with van der Waals surface area (Å²) >= 11 is -2.36. The molecule has 1 atom stereocenters. The van der Waals surface area contributed by atoms with Gasteiger partial charge >= 0.3 is 11.4 Å². The average Bonchev–Trinajstić information content (AvgIpc) is 1.94. The minimum Gasteiger partial charge on any atom is -0.380 e. The van der Waals surface area contributed by atoms with E-state index in [9.17, 15) is 8.60 Å². The molecule has 0 aliphatic heterocycles. The lowest BCUT2D eigenvalue weighted by atomic mass is 10.2. The Morgan fingerprint density at radius 1 is 1.58 bits per heavy atom. The number of hydrogen-bond donors (Lipinski definition) is 1. The van der Waals surface area contributed by atoms with Gasteiger partial charge in [-0.2, -0.15) is 4.21 Å². The Morgan fingerprint density at radius 2 is 2.25 bits per heavy atom. The van der Waals surface area contributed by atoms with E-state index in [4.69, 9.17) is 4.55 Å². The van der Waals surface area contributed by atoms with Crippen molar-refractivity contribution in [1.82, 2.24) is 0 Å². The quantitative estimate of drug-likeness (QED) is 0.721. The van der Waals surface area contributed by atoms with Crippen molar-refractivity contribution in [2.24, 2.45) is 0 Å². The molecule has 66 valence electrons. The largest absolute Gasteiger partial charge is 0.380 e. The van der Waals surface area contributed by atoms with Crippen molar-refractivity contribution in [1.29, 1.82) is 0 Å². The van der Waals surface area contributed by atoms with E-state index in [2.05, 4.69) is 4.18 Å². The highest BCUT2D eigenvalue weighted by Gasteiger charge is 2.03. The molecule has 0 heterocycles. The average molecular weight is 190 g/mol. The van der Waals surface area contributed by atoms with Crippen LogP contribution in [0.4, 0.5) is 4.39 Å². The van der Waals surface area contributed by atoms with Crippen LogP contribution in [-0.2, 0) is 11.4 Å². The molecule has 1 aromatic carbocycles. The first-order valence-corrected chi connectivity index (χ1v) is 4.18. The summed E-state index contributed by atoms with van der Waals surface area (Å²) < 4.78 is 35.5. The lowest BCUT2D eigenvalue weighted by Crippen LogP contribution is -1.99. The first kappa shape index (κ1) is 9.15. The van der Waals surface area contributed by atoms with Gasteiger partial charge in [-0.3, -0.25) is 4.55 Å². The minimum atomic E-state index is -2.36. The maximum atomic E-state index is 12.5. The van der Waals surface area contributed by atoms with Gasteiger partial charge in [0, 0.05) is 0 Å². The highest BCUT2D eigenvalue weighted by Crippen LogP contribution is 2.18. The molecule has 0 aromatic heterocycles. The lowest BCUT2D eigenvalue weighted by Gasteiger charge is -2.02. The second kappa shape index (κ2) is 3.64. The number of benzene rings is 1. The molecule has 1 N–H and O–H groups in total. The van der Waals surface area contributed by atoms with E-state index in [0.29, 0.717) is 5.56 Å². The molecule has 5 heteroatoms. The molecule has 0 saturated heterocycles. The van der Waals surface area contributed by atoms with Crippen molar-refractivity contribution in [3.8, 4) is 5.75 Å². The Bertz CT molecular complexity index is 314. The van der Waals surface area contributed by atoms with Crippen LogP contribution in [0, 0.1) is 12.7 Å². The Kier molecular flexibility index (Phi) is 2.78. The summed E-state index contributed by atoms with van der Waals surface area (Å²) in [6.07, 6.45) is 0. The topological polar surface area (TPSA) is 46.5 Å². The zero-order chi connectivity index (χ0) is 9.14. The molecule has 0 amide bonds. The van der Waals surface area contributed by atoms with E-state index < -0.39 is 17.2 Å². The van der Waals surface area contributed by atoms with Crippen LogP contribution in [-0.4, -0.2) is 8.76 Å². The summed E-state index contributed by atoms with van der Waals surface area (Å²) in [4.78, 5) is 0. The predicted molar refractivity (Wildman–Crippen MR) is 42.5 cm³/mol. The van der Waals surface area contributed by atoms with Crippen LogP contribution in [0.5, 0.6) is 5.75 Å². The monoisotopic (exact) mass is 190 g/mol. The van der Waals surface area contributed by atoms with Gasteiger partial charge in [0.05, 0.1) is 0 Å². The summed E-state index contributed by atoms with van der Waals surface area (Å²) in [5.74, 6) is -0.194. The van der Waals surface area contributed by atoms with E-state index in [1.54, 1.807) is 6.92 Å². The van der Waals surface area contributed by atoms with E-state index >= 15 is 0 Å². The van der Waals surface area contributed by atoms with Crippen molar-refractivity contribution < 1.29 is 17.3 Å². The molecule has 3 nitrogen and oxygen atoms in total. The van der Waals surface area contributed by atoms with Gasteiger partial charge in [-0.15, -0.1) is 0 Å². The summed E-state index contributed by atoms with van der Waals surface area (Å²) in [6, 6.07) is 3.69. The van der Waals surface area contributed by atoms with Gasteiger partial charge in [-0.25, -0.2) is 4.39 Å². The Hall–Kier alpha value is -0.940. The first-order valence-electron chi connectivity index (χ1n) is 3.15. The highest BCUT2D eigenvalue weighted by atomic mass is 32.2. The van der Waals surface area contributed by atoms with Gasteiger partial charge in [0.25, 0.3) is 0 Å². The van der Waals surface area contributed by atoms with Crippen LogP contribution in [0.1, 0.15) is 5.56 Å². The van der Waals surface area contributed by atoms with Crippen molar-refractivity contribution in [3.63, 3.8) is 0 Å². The van der Waals surface area contributed by atoms with Crippen molar-refractivity contribution in [3.05, 3.63) is 29.6 Å². The number of hydrogen-bond acceptors (Lipinski definition) is 2. The maximum absolute atomic E-state index is 12.5. The Labute approximate surface area is 71.7 Å². The van der Waals surface area contributed by atoms with Crippen molar-refractivity contribution in [2.45, 2.75) is 6.92 Å². The van der Waals surface area contributed by atoms with Crippen molar-refractivity contribution in [2.75, 3.05) is 0 Å². The first-order chi connectivity index (χ1) is 5.59. The zero-order valence-corrected chi connectivity index (χ0v) is 7.10. The van der Waals surface area contributed by atoms with E-state index in [-0.39, 0.29) is 5.75 Å². The fourth-order valence-electron chi connectivity index (χ4n) is 0.783. The fourth-order valence-corrected chi connectivity index (χ4v) is 1.12. The summed E-state index contributed by atoms with van der Waals surface area (Å²) in [5, 5.41) is 0. The second-order valence-electron chi connectivity index (χ2n) is 2.21. The van der Waals surface area contributed by atoms with Crippen LogP contribution in [0.15, 0.2) is 18.2 Å². The van der Waals surface area contributed by atoms with Gasteiger partial charge in [-0.1, -0.05) is 0 Å². The summed E-state index contributed by atoms with van der Waals surface area (Å²) in [7, 11) is 0. The highest BCUT2D eigenvalue weighted by molar-refractivity contribution is 7.74. The van der Waals surface area contributed by atoms with E-state index in [0.717, 1.165) is 6.07 Å². The van der Waals surface area contributed by atoms with Crippen LogP contribution in [0.25, 0.3) is 0 Å². The molecule has 12 heavy (non-hydrogen) atoms.